The maximum absolute atomic E-state index is 11.7. The van der Waals surface area contributed by atoms with Crippen LogP contribution in [0.2, 0.25) is 0 Å². The van der Waals surface area contributed by atoms with E-state index in [1.807, 2.05) is 31.2 Å². The predicted octanol–water partition coefficient (Wildman–Crippen LogP) is 1.97. The van der Waals surface area contributed by atoms with Gasteiger partial charge < -0.3 is 10.2 Å². The second kappa shape index (κ2) is 6.59. The van der Waals surface area contributed by atoms with Gasteiger partial charge in [-0.1, -0.05) is 23.8 Å². The van der Waals surface area contributed by atoms with E-state index in [1.165, 1.54) is 11.8 Å². The number of amides is 2. The fraction of sp³-hybridized carbons (Fsp3) is 0.286. The van der Waals surface area contributed by atoms with Crippen molar-refractivity contribution in [2.24, 2.45) is 0 Å². The Labute approximate surface area is 107 Å². The van der Waals surface area contributed by atoms with Gasteiger partial charge in [-0.25, -0.2) is 0 Å². The summed E-state index contributed by atoms with van der Waals surface area (Å²) >= 11 is 0. The van der Waals surface area contributed by atoms with Crippen LogP contribution >= 0.6 is 0 Å². The van der Waals surface area contributed by atoms with Gasteiger partial charge in [-0.15, -0.1) is 6.58 Å². The molecule has 0 heterocycles. The first-order valence-electron chi connectivity index (χ1n) is 5.76. The van der Waals surface area contributed by atoms with Crippen molar-refractivity contribution in [3.05, 3.63) is 42.5 Å². The first-order chi connectivity index (χ1) is 8.52. The van der Waals surface area contributed by atoms with Crippen LogP contribution in [0.4, 0.5) is 5.69 Å². The normalized spacial score (nSPS) is 9.67. The highest BCUT2D eigenvalue weighted by atomic mass is 16.2. The molecule has 0 fully saturated rings. The number of nitrogens with zero attached hydrogens (tertiary/aromatic N) is 1. The van der Waals surface area contributed by atoms with Crippen LogP contribution in [-0.4, -0.2) is 29.8 Å². The van der Waals surface area contributed by atoms with Crippen LogP contribution < -0.4 is 5.32 Å². The molecule has 0 aliphatic rings. The van der Waals surface area contributed by atoms with Gasteiger partial charge in [0.05, 0.1) is 0 Å². The van der Waals surface area contributed by atoms with Gasteiger partial charge in [0.1, 0.15) is 6.54 Å². The van der Waals surface area contributed by atoms with Crippen LogP contribution in [-0.2, 0) is 9.59 Å². The molecule has 0 atom stereocenters. The maximum Gasteiger partial charge on any atom is 0.244 e. The Balaban J connectivity index is 2.57. The van der Waals surface area contributed by atoms with Crippen LogP contribution in [0.1, 0.15) is 12.5 Å². The molecule has 0 aliphatic heterocycles. The van der Waals surface area contributed by atoms with Crippen LogP contribution in [0.25, 0.3) is 0 Å². The third-order valence-corrected chi connectivity index (χ3v) is 2.46. The molecule has 1 N–H and O–H groups in total. The minimum Gasteiger partial charge on any atom is -0.330 e. The SMILES string of the molecule is C=CCN(CC(=O)Nc1ccc(C)cc1)C(C)=O. The summed E-state index contributed by atoms with van der Waals surface area (Å²) in [5.74, 6) is -0.357. The molecule has 0 aliphatic carbocycles. The highest BCUT2D eigenvalue weighted by Gasteiger charge is 2.11. The Morgan fingerprint density at radius 2 is 1.94 bits per heavy atom. The van der Waals surface area contributed by atoms with Gasteiger partial charge in [0, 0.05) is 19.2 Å². The van der Waals surface area contributed by atoms with Gasteiger partial charge in [-0.2, -0.15) is 0 Å². The first-order valence-corrected chi connectivity index (χ1v) is 5.76. The number of carbonyl (C=O) groups is 2. The summed E-state index contributed by atoms with van der Waals surface area (Å²) in [6.45, 7) is 7.38. The van der Waals surface area contributed by atoms with Crippen LogP contribution in [0.5, 0.6) is 0 Å². The average molecular weight is 246 g/mol. The molecule has 1 aromatic carbocycles. The van der Waals surface area contributed by atoms with Crippen molar-refractivity contribution in [2.45, 2.75) is 13.8 Å². The summed E-state index contributed by atoms with van der Waals surface area (Å²) < 4.78 is 0. The lowest BCUT2D eigenvalue weighted by molar-refractivity contribution is -0.132. The number of nitrogens with one attached hydrogen (secondary N) is 1. The summed E-state index contributed by atoms with van der Waals surface area (Å²) in [6.07, 6.45) is 1.60. The molecule has 2 amide bonds. The third-order valence-electron chi connectivity index (χ3n) is 2.46. The second-order valence-corrected chi connectivity index (χ2v) is 4.10. The Kier molecular flexibility index (Phi) is 5.11. The molecule has 1 aromatic rings. The van der Waals surface area contributed by atoms with Crippen molar-refractivity contribution in [1.29, 1.82) is 0 Å². The van der Waals surface area contributed by atoms with Crippen molar-refractivity contribution in [3.8, 4) is 0 Å². The molecular weight excluding hydrogens is 228 g/mol. The number of hydrogen-bond acceptors (Lipinski definition) is 2. The number of hydrogen-bond donors (Lipinski definition) is 1. The van der Waals surface area contributed by atoms with E-state index in [-0.39, 0.29) is 18.4 Å². The Morgan fingerprint density at radius 1 is 1.33 bits per heavy atom. The predicted molar refractivity (Wildman–Crippen MR) is 72.3 cm³/mol. The molecule has 0 saturated carbocycles. The summed E-state index contributed by atoms with van der Waals surface area (Å²) in [7, 11) is 0. The zero-order valence-corrected chi connectivity index (χ0v) is 10.8. The topological polar surface area (TPSA) is 49.4 Å². The van der Waals surface area contributed by atoms with E-state index in [9.17, 15) is 9.59 Å². The molecule has 1 rings (SSSR count). The lowest BCUT2D eigenvalue weighted by Gasteiger charge is -2.18. The van der Waals surface area contributed by atoms with Gasteiger partial charge in [0.15, 0.2) is 0 Å². The van der Waals surface area contributed by atoms with E-state index in [2.05, 4.69) is 11.9 Å². The Bertz CT molecular complexity index is 438. The minimum absolute atomic E-state index is 0.0369. The van der Waals surface area contributed by atoms with Gasteiger partial charge in [-0.05, 0) is 19.1 Å². The monoisotopic (exact) mass is 246 g/mol. The zero-order valence-electron chi connectivity index (χ0n) is 10.8. The minimum atomic E-state index is -0.212. The van der Waals surface area contributed by atoms with Crippen molar-refractivity contribution in [1.82, 2.24) is 4.90 Å². The van der Waals surface area contributed by atoms with Crippen LogP contribution in [0, 0.1) is 6.92 Å². The number of carbonyl (C=O) groups excluding carboxylic acids is 2. The Morgan fingerprint density at radius 3 is 2.44 bits per heavy atom. The molecule has 4 nitrogen and oxygen atoms in total. The molecule has 0 aromatic heterocycles. The fourth-order valence-corrected chi connectivity index (χ4v) is 1.47. The van der Waals surface area contributed by atoms with Gasteiger partial charge in [-0.3, -0.25) is 9.59 Å². The molecule has 4 heteroatoms. The smallest absolute Gasteiger partial charge is 0.244 e. The molecule has 0 unspecified atom stereocenters. The van der Waals surface area contributed by atoms with E-state index in [1.54, 1.807) is 6.08 Å². The Hall–Kier alpha value is -2.10. The molecule has 96 valence electrons. The molecular formula is C14H18N2O2. The third kappa shape index (κ3) is 4.41. The van der Waals surface area contributed by atoms with E-state index >= 15 is 0 Å². The molecule has 0 spiro atoms. The van der Waals surface area contributed by atoms with Gasteiger partial charge in [0.25, 0.3) is 0 Å². The molecule has 0 radical (unpaired) electrons. The lowest BCUT2D eigenvalue weighted by atomic mass is 10.2. The summed E-state index contributed by atoms with van der Waals surface area (Å²) in [4.78, 5) is 24.4. The number of aryl methyl sites for hydroxylation is 1. The number of anilines is 1. The number of rotatable bonds is 5. The van der Waals surface area contributed by atoms with Crippen molar-refractivity contribution in [3.63, 3.8) is 0 Å². The van der Waals surface area contributed by atoms with Crippen LogP contribution in [0.15, 0.2) is 36.9 Å². The van der Waals surface area contributed by atoms with E-state index in [0.29, 0.717) is 6.54 Å². The van der Waals surface area contributed by atoms with Gasteiger partial charge in [0.2, 0.25) is 11.8 Å². The van der Waals surface area contributed by atoms with Crippen molar-refractivity contribution in [2.75, 3.05) is 18.4 Å². The standard InChI is InChI=1S/C14H18N2O2/c1-4-9-16(12(3)17)10-14(18)15-13-7-5-11(2)6-8-13/h4-8H,1,9-10H2,2-3H3,(H,15,18). The van der Waals surface area contributed by atoms with E-state index < -0.39 is 0 Å². The summed E-state index contributed by atoms with van der Waals surface area (Å²) in [6, 6.07) is 7.50. The highest BCUT2D eigenvalue weighted by molar-refractivity contribution is 5.94. The second-order valence-electron chi connectivity index (χ2n) is 4.10. The maximum atomic E-state index is 11.7. The van der Waals surface area contributed by atoms with E-state index in [0.717, 1.165) is 11.3 Å². The lowest BCUT2D eigenvalue weighted by Crippen LogP contribution is -2.36. The molecule has 18 heavy (non-hydrogen) atoms. The first kappa shape index (κ1) is 14.0. The van der Waals surface area contributed by atoms with Crippen molar-refractivity contribution < 1.29 is 9.59 Å². The van der Waals surface area contributed by atoms with Gasteiger partial charge >= 0.3 is 0 Å². The summed E-state index contributed by atoms with van der Waals surface area (Å²) in [5, 5.41) is 2.75. The number of benzene rings is 1. The highest BCUT2D eigenvalue weighted by Crippen LogP contribution is 2.08. The largest absolute Gasteiger partial charge is 0.330 e. The van der Waals surface area contributed by atoms with Crippen molar-refractivity contribution >= 4 is 17.5 Å². The molecule has 0 bridgehead atoms. The average Bonchev–Trinajstić information content (AvgIpc) is 2.31. The van der Waals surface area contributed by atoms with Crippen LogP contribution in [0.3, 0.4) is 0 Å². The zero-order chi connectivity index (χ0) is 13.5. The molecule has 0 saturated heterocycles. The summed E-state index contributed by atoms with van der Waals surface area (Å²) in [5.41, 5.74) is 1.86. The van der Waals surface area contributed by atoms with E-state index in [4.69, 9.17) is 0 Å². The quantitative estimate of drug-likeness (QED) is 0.807. The fourth-order valence-electron chi connectivity index (χ4n) is 1.47.